The first kappa shape index (κ1) is 20.7. The summed E-state index contributed by atoms with van der Waals surface area (Å²) in [6.07, 6.45) is 5.97. The summed E-state index contributed by atoms with van der Waals surface area (Å²) in [5.74, 6) is 0.0610. The predicted octanol–water partition coefficient (Wildman–Crippen LogP) is 3.24. The zero-order valence-corrected chi connectivity index (χ0v) is 19.9. The van der Waals surface area contributed by atoms with Gasteiger partial charge < -0.3 is 20.1 Å². The lowest BCUT2D eigenvalue weighted by Crippen LogP contribution is -2.44. The normalized spacial score (nSPS) is 20.0. The molecule has 35 heavy (non-hydrogen) atoms. The number of likely N-dealkylation sites (N-methyl/N-ethyl adjacent to an activating group) is 1. The lowest BCUT2D eigenvalue weighted by atomic mass is 9.86. The molecule has 7 rings (SSSR count). The third-order valence-corrected chi connectivity index (χ3v) is 8.46. The Bertz CT molecular complexity index is 1420. The lowest BCUT2D eigenvalue weighted by molar-refractivity contribution is 0.0936. The molecule has 4 heterocycles. The Morgan fingerprint density at radius 2 is 1.94 bits per heavy atom. The molecule has 4 aliphatic rings. The van der Waals surface area contributed by atoms with Crippen molar-refractivity contribution in [2.24, 2.45) is 0 Å². The van der Waals surface area contributed by atoms with Crippen LogP contribution < -0.4 is 10.2 Å². The third-order valence-electron chi connectivity index (χ3n) is 8.46. The van der Waals surface area contributed by atoms with Crippen molar-refractivity contribution in [3.8, 4) is 28.6 Å². The zero-order valence-electron chi connectivity index (χ0n) is 19.9. The number of H-pyrrole nitrogens is 1. The van der Waals surface area contributed by atoms with Gasteiger partial charge in [0.1, 0.15) is 6.07 Å². The monoisotopic (exact) mass is 464 g/mol. The molecule has 1 spiro atoms. The number of aromatic amines is 1. The molecule has 7 heteroatoms. The Morgan fingerprint density at radius 1 is 1.11 bits per heavy atom. The Morgan fingerprint density at radius 3 is 2.71 bits per heavy atom. The average molecular weight is 465 g/mol. The fraction of sp³-hybridized carbons (Fsp3) is 0.393. The van der Waals surface area contributed by atoms with Gasteiger partial charge in [-0.1, -0.05) is 6.07 Å². The molecule has 2 aliphatic heterocycles. The van der Waals surface area contributed by atoms with Crippen molar-refractivity contribution >= 4 is 11.6 Å². The number of aromatic nitrogens is 2. The first-order chi connectivity index (χ1) is 17.1. The van der Waals surface area contributed by atoms with E-state index in [9.17, 15) is 10.1 Å². The number of amides is 1. The van der Waals surface area contributed by atoms with Crippen LogP contribution in [0.4, 0.5) is 5.69 Å². The highest BCUT2D eigenvalue weighted by atomic mass is 16.1. The van der Waals surface area contributed by atoms with Gasteiger partial charge in [-0.05, 0) is 62.1 Å². The SMILES string of the molecule is CN1CCN(c2ccc(-c3cc4c(cn3)CCc3c-4[nH]c4c3C(=O)NCC43CC3)cc2C#N)CC1. The molecule has 2 fully saturated rings. The first-order valence-electron chi connectivity index (χ1n) is 12.6. The zero-order chi connectivity index (χ0) is 23.7. The molecule has 0 unspecified atom stereocenters. The number of rotatable bonds is 2. The fourth-order valence-electron chi connectivity index (χ4n) is 6.11. The van der Waals surface area contributed by atoms with Crippen molar-refractivity contribution in [1.82, 2.24) is 20.2 Å². The van der Waals surface area contributed by atoms with E-state index >= 15 is 0 Å². The maximum absolute atomic E-state index is 12.8. The predicted molar refractivity (Wildman–Crippen MR) is 135 cm³/mol. The van der Waals surface area contributed by atoms with Crippen molar-refractivity contribution in [2.75, 3.05) is 44.7 Å². The minimum absolute atomic E-state index is 0.0610. The van der Waals surface area contributed by atoms with Crippen LogP contribution in [0, 0.1) is 11.3 Å². The second-order valence-electron chi connectivity index (χ2n) is 10.6. The summed E-state index contributed by atoms with van der Waals surface area (Å²) in [6.45, 7) is 4.60. The highest BCUT2D eigenvalue weighted by Gasteiger charge is 2.51. The Hall–Kier alpha value is -3.63. The van der Waals surface area contributed by atoms with Gasteiger partial charge in [0, 0.05) is 61.2 Å². The molecule has 1 aromatic carbocycles. The first-order valence-corrected chi connectivity index (χ1v) is 12.6. The summed E-state index contributed by atoms with van der Waals surface area (Å²) >= 11 is 0. The molecular formula is C28H28N6O. The Kier molecular flexibility index (Phi) is 4.40. The largest absolute Gasteiger partial charge is 0.368 e. The lowest BCUT2D eigenvalue weighted by Gasteiger charge is -2.34. The second-order valence-corrected chi connectivity index (χ2v) is 10.6. The molecule has 1 amide bonds. The van der Waals surface area contributed by atoms with E-state index < -0.39 is 0 Å². The van der Waals surface area contributed by atoms with Gasteiger partial charge in [-0.2, -0.15) is 5.26 Å². The second kappa shape index (κ2) is 7.43. The van der Waals surface area contributed by atoms with Gasteiger partial charge in [-0.25, -0.2) is 0 Å². The van der Waals surface area contributed by atoms with Crippen molar-refractivity contribution in [1.29, 1.82) is 5.26 Å². The smallest absolute Gasteiger partial charge is 0.253 e. The van der Waals surface area contributed by atoms with Crippen molar-refractivity contribution in [2.45, 2.75) is 31.1 Å². The number of carbonyl (C=O) groups excluding carboxylic acids is 1. The number of fused-ring (bicyclic) bond motifs is 6. The Balaban J connectivity index is 1.28. The maximum Gasteiger partial charge on any atom is 0.253 e. The number of benzene rings is 1. The molecular weight excluding hydrogens is 436 g/mol. The quantitative estimate of drug-likeness (QED) is 0.608. The summed E-state index contributed by atoms with van der Waals surface area (Å²) in [4.78, 5) is 25.9. The number of nitriles is 1. The van der Waals surface area contributed by atoms with Crippen LogP contribution in [0.2, 0.25) is 0 Å². The highest BCUT2D eigenvalue weighted by molar-refractivity contribution is 6.01. The molecule has 0 atom stereocenters. The van der Waals surface area contributed by atoms with Crippen molar-refractivity contribution in [3.63, 3.8) is 0 Å². The number of aryl methyl sites for hydroxylation is 1. The van der Waals surface area contributed by atoms with Gasteiger partial charge >= 0.3 is 0 Å². The van der Waals surface area contributed by atoms with Crippen LogP contribution in [-0.4, -0.2) is 60.5 Å². The number of pyridine rings is 1. The van der Waals surface area contributed by atoms with E-state index in [2.05, 4.69) is 51.4 Å². The Labute approximate surface area is 204 Å². The molecule has 176 valence electrons. The summed E-state index contributed by atoms with van der Waals surface area (Å²) in [7, 11) is 2.14. The van der Waals surface area contributed by atoms with Crippen molar-refractivity contribution in [3.05, 3.63) is 58.4 Å². The van der Waals surface area contributed by atoms with Crippen LogP contribution in [-0.2, 0) is 18.3 Å². The average Bonchev–Trinajstić information content (AvgIpc) is 3.55. The van der Waals surface area contributed by atoms with Gasteiger partial charge in [-0.15, -0.1) is 0 Å². The number of anilines is 1. The summed E-state index contributed by atoms with van der Waals surface area (Å²) in [6, 6.07) is 10.7. The number of nitrogens with one attached hydrogen (secondary N) is 2. The van der Waals surface area contributed by atoms with Crippen LogP contribution in [0.3, 0.4) is 0 Å². The summed E-state index contributed by atoms with van der Waals surface area (Å²) in [5, 5.41) is 13.0. The standard InChI is InChI=1S/C28H28N6O/c1-33-8-10-34(11-9-33)23-5-3-17(12-19(23)14-29)22-13-21-18(15-30-22)2-4-20-24-26(32-25(20)21)28(6-7-28)16-31-27(24)35/h3,5,12-13,15,32H,2,4,6-11,16H2,1H3,(H,31,35). The number of hydrogen-bond donors (Lipinski definition) is 2. The van der Waals surface area contributed by atoms with Crippen LogP contribution in [0.15, 0.2) is 30.5 Å². The molecule has 2 aromatic heterocycles. The van der Waals surface area contributed by atoms with Crippen LogP contribution in [0.25, 0.3) is 22.5 Å². The van der Waals surface area contributed by atoms with Crippen molar-refractivity contribution < 1.29 is 4.79 Å². The summed E-state index contributed by atoms with van der Waals surface area (Å²) < 4.78 is 0. The van der Waals surface area contributed by atoms with Gasteiger partial charge in [0.25, 0.3) is 5.91 Å². The van der Waals surface area contributed by atoms with E-state index in [0.29, 0.717) is 5.56 Å². The van der Waals surface area contributed by atoms with Gasteiger partial charge in [0.2, 0.25) is 0 Å². The minimum Gasteiger partial charge on any atom is -0.368 e. The van der Waals surface area contributed by atoms with E-state index in [0.717, 1.165) is 103 Å². The van der Waals surface area contributed by atoms with E-state index in [1.807, 2.05) is 12.3 Å². The maximum atomic E-state index is 12.8. The van der Waals surface area contributed by atoms with E-state index in [-0.39, 0.29) is 11.3 Å². The third kappa shape index (κ3) is 3.13. The molecule has 0 bridgehead atoms. The number of piperazine rings is 1. The molecule has 1 saturated carbocycles. The summed E-state index contributed by atoms with van der Waals surface area (Å²) in [5.41, 5.74) is 10.2. The van der Waals surface area contributed by atoms with Crippen LogP contribution in [0.5, 0.6) is 0 Å². The number of carbonyl (C=O) groups is 1. The molecule has 7 nitrogen and oxygen atoms in total. The molecule has 2 aliphatic carbocycles. The van der Waals surface area contributed by atoms with Gasteiger partial charge in [0.05, 0.1) is 28.2 Å². The fourth-order valence-corrected chi connectivity index (χ4v) is 6.11. The van der Waals surface area contributed by atoms with Gasteiger partial charge in [-0.3, -0.25) is 9.78 Å². The van der Waals surface area contributed by atoms with Crippen LogP contribution >= 0.6 is 0 Å². The molecule has 1 saturated heterocycles. The van der Waals surface area contributed by atoms with E-state index in [4.69, 9.17) is 4.98 Å². The topological polar surface area (TPSA) is 88.0 Å². The highest BCUT2D eigenvalue weighted by Crippen LogP contribution is 2.52. The van der Waals surface area contributed by atoms with Crippen LogP contribution in [0.1, 0.15) is 45.6 Å². The minimum atomic E-state index is 0.0610. The molecule has 0 radical (unpaired) electrons. The van der Waals surface area contributed by atoms with E-state index in [1.165, 1.54) is 5.56 Å². The number of hydrogen-bond acceptors (Lipinski definition) is 5. The van der Waals surface area contributed by atoms with E-state index in [1.54, 1.807) is 0 Å². The van der Waals surface area contributed by atoms with Gasteiger partial charge in [0.15, 0.2) is 0 Å². The molecule has 3 aromatic rings. The molecule has 2 N–H and O–H groups in total. The number of nitrogens with zero attached hydrogens (tertiary/aromatic N) is 4.